The highest BCUT2D eigenvalue weighted by Crippen LogP contribution is 2.34. The van der Waals surface area contributed by atoms with Gasteiger partial charge in [-0.3, -0.25) is 0 Å². The first kappa shape index (κ1) is 12.4. The molecule has 15 heavy (non-hydrogen) atoms. The number of hydrogen-bond donors (Lipinski definition) is 1. The van der Waals surface area contributed by atoms with Gasteiger partial charge in [0.1, 0.15) is 0 Å². The van der Waals surface area contributed by atoms with Crippen LogP contribution < -0.4 is 0 Å². The molecule has 0 aliphatic heterocycles. The van der Waals surface area contributed by atoms with Gasteiger partial charge in [-0.2, -0.15) is 0 Å². The first-order chi connectivity index (χ1) is 7.06. The number of carboxylic acid groups (broad SMARTS) is 1. The Balaban J connectivity index is 3.12. The average Bonchev–Trinajstić information content (AvgIpc) is 2.20. The van der Waals surface area contributed by atoms with Crippen LogP contribution in [0.15, 0.2) is 23.1 Å². The summed E-state index contributed by atoms with van der Waals surface area (Å²) in [6, 6.07) is 3.54. The van der Waals surface area contributed by atoms with Gasteiger partial charge >= 0.3 is 5.97 Å². The molecule has 5 heteroatoms. The van der Waals surface area contributed by atoms with Gasteiger partial charge in [0.15, 0.2) is 0 Å². The number of rotatable bonds is 3. The predicted molar refractivity (Wildman–Crippen MR) is 64.9 cm³/mol. The number of benzene rings is 1. The Morgan fingerprint density at radius 1 is 1.40 bits per heavy atom. The van der Waals surface area contributed by atoms with E-state index >= 15 is 0 Å². The van der Waals surface area contributed by atoms with E-state index in [1.807, 2.05) is 6.26 Å². The summed E-state index contributed by atoms with van der Waals surface area (Å²) in [6.45, 7) is 0. The van der Waals surface area contributed by atoms with Gasteiger partial charge in [0.25, 0.3) is 0 Å². The van der Waals surface area contributed by atoms with Crippen LogP contribution in [0, 0.1) is 0 Å². The van der Waals surface area contributed by atoms with Crippen molar-refractivity contribution in [2.75, 3.05) is 6.26 Å². The van der Waals surface area contributed by atoms with E-state index < -0.39 is 5.97 Å². The summed E-state index contributed by atoms with van der Waals surface area (Å²) in [6.07, 6.45) is 4.33. The largest absolute Gasteiger partial charge is 0.478 e. The van der Waals surface area contributed by atoms with Crippen molar-refractivity contribution in [2.45, 2.75) is 4.90 Å². The zero-order chi connectivity index (χ0) is 11.4. The normalized spacial score (nSPS) is 10.9. The topological polar surface area (TPSA) is 37.3 Å². The number of aliphatic carboxylic acids is 1. The van der Waals surface area contributed by atoms with Crippen LogP contribution >= 0.6 is 35.0 Å². The van der Waals surface area contributed by atoms with Crippen molar-refractivity contribution in [1.29, 1.82) is 0 Å². The van der Waals surface area contributed by atoms with Crippen LogP contribution in [0.1, 0.15) is 5.56 Å². The second-order valence-electron chi connectivity index (χ2n) is 2.66. The van der Waals surface area contributed by atoms with Gasteiger partial charge in [-0.25, -0.2) is 4.79 Å². The summed E-state index contributed by atoms with van der Waals surface area (Å²) in [5.74, 6) is -1.02. The molecule has 1 rings (SSSR count). The smallest absolute Gasteiger partial charge is 0.328 e. The van der Waals surface area contributed by atoms with Gasteiger partial charge in [-0.15, -0.1) is 11.8 Å². The fraction of sp³-hybridized carbons (Fsp3) is 0.100. The van der Waals surface area contributed by atoms with Crippen molar-refractivity contribution in [1.82, 2.24) is 0 Å². The first-order valence-corrected chi connectivity index (χ1v) is 5.97. The molecule has 1 N–H and O–H groups in total. The molecule has 0 aromatic heterocycles. The van der Waals surface area contributed by atoms with Crippen LogP contribution in [0.3, 0.4) is 0 Å². The van der Waals surface area contributed by atoms with E-state index in [1.165, 1.54) is 17.8 Å². The molecule has 0 heterocycles. The molecule has 0 saturated heterocycles. The molecular formula is C10H8Cl2O2S. The third-order valence-electron chi connectivity index (χ3n) is 1.70. The van der Waals surface area contributed by atoms with E-state index in [1.54, 1.807) is 12.1 Å². The van der Waals surface area contributed by atoms with Gasteiger partial charge in [0.05, 0.1) is 10.0 Å². The maximum Gasteiger partial charge on any atom is 0.328 e. The van der Waals surface area contributed by atoms with Crippen molar-refractivity contribution in [3.8, 4) is 0 Å². The molecular weight excluding hydrogens is 255 g/mol. The lowest BCUT2D eigenvalue weighted by molar-refractivity contribution is -0.131. The molecule has 2 nitrogen and oxygen atoms in total. The number of carboxylic acids is 1. The quantitative estimate of drug-likeness (QED) is 0.665. The Hall–Kier alpha value is -0.640. The van der Waals surface area contributed by atoms with Crippen LogP contribution in [0.4, 0.5) is 0 Å². The summed E-state index contributed by atoms with van der Waals surface area (Å²) in [4.78, 5) is 11.2. The number of carbonyl (C=O) groups is 1. The Morgan fingerprint density at radius 2 is 2.07 bits per heavy atom. The fourth-order valence-electron chi connectivity index (χ4n) is 0.994. The molecule has 0 fully saturated rings. The zero-order valence-electron chi connectivity index (χ0n) is 7.83. The molecule has 0 bridgehead atoms. The van der Waals surface area contributed by atoms with E-state index in [0.717, 1.165) is 11.0 Å². The zero-order valence-corrected chi connectivity index (χ0v) is 10.2. The van der Waals surface area contributed by atoms with Gasteiger partial charge in [0.2, 0.25) is 0 Å². The molecule has 80 valence electrons. The fourth-order valence-corrected chi connectivity index (χ4v) is 2.17. The molecule has 0 saturated carbocycles. The minimum absolute atomic E-state index is 0.376. The van der Waals surface area contributed by atoms with E-state index in [4.69, 9.17) is 28.3 Å². The number of thioether (sulfide) groups is 1. The molecule has 0 spiro atoms. The Morgan fingerprint density at radius 3 is 2.60 bits per heavy atom. The first-order valence-electron chi connectivity index (χ1n) is 3.99. The second-order valence-corrected chi connectivity index (χ2v) is 4.26. The molecule has 0 aliphatic carbocycles. The Labute approximate surface area is 102 Å². The van der Waals surface area contributed by atoms with Crippen LogP contribution in [-0.4, -0.2) is 17.3 Å². The summed E-state index contributed by atoms with van der Waals surface area (Å²) in [5.41, 5.74) is 0.599. The third kappa shape index (κ3) is 3.16. The van der Waals surface area contributed by atoms with Crippen molar-refractivity contribution < 1.29 is 9.90 Å². The molecule has 0 unspecified atom stereocenters. The Kier molecular flexibility index (Phi) is 4.51. The van der Waals surface area contributed by atoms with Crippen molar-refractivity contribution in [2.24, 2.45) is 0 Å². The maximum absolute atomic E-state index is 10.3. The minimum Gasteiger partial charge on any atom is -0.478 e. The van der Waals surface area contributed by atoms with Gasteiger partial charge in [-0.1, -0.05) is 29.3 Å². The van der Waals surface area contributed by atoms with E-state index in [9.17, 15) is 4.79 Å². The number of hydrogen-bond acceptors (Lipinski definition) is 2. The van der Waals surface area contributed by atoms with Gasteiger partial charge in [0, 0.05) is 11.0 Å². The molecule has 0 amide bonds. The molecule has 0 radical (unpaired) electrons. The standard InChI is InChI=1S/C10H8Cl2O2S/c1-15-7-4-2-6(3-5-8(13)14)9(11)10(7)12/h2-5H,1H3,(H,13,14). The highest BCUT2D eigenvalue weighted by atomic mass is 35.5. The summed E-state index contributed by atoms with van der Waals surface area (Å²) in [7, 11) is 0. The number of halogens is 2. The lowest BCUT2D eigenvalue weighted by atomic mass is 10.2. The van der Waals surface area contributed by atoms with Crippen molar-refractivity contribution >= 4 is 47.0 Å². The van der Waals surface area contributed by atoms with E-state index in [2.05, 4.69) is 0 Å². The summed E-state index contributed by atoms with van der Waals surface area (Å²) >= 11 is 13.4. The lowest BCUT2D eigenvalue weighted by Crippen LogP contribution is -1.87. The molecule has 1 aromatic carbocycles. The van der Waals surface area contributed by atoms with Gasteiger partial charge < -0.3 is 5.11 Å². The second kappa shape index (κ2) is 5.45. The Bertz CT molecular complexity index is 416. The maximum atomic E-state index is 10.3. The average molecular weight is 263 g/mol. The predicted octanol–water partition coefficient (Wildman–Crippen LogP) is 3.81. The van der Waals surface area contributed by atoms with Crippen molar-refractivity contribution in [3.63, 3.8) is 0 Å². The van der Waals surface area contributed by atoms with Crippen LogP contribution in [0.5, 0.6) is 0 Å². The van der Waals surface area contributed by atoms with Gasteiger partial charge in [-0.05, 0) is 24.0 Å². The van der Waals surface area contributed by atoms with Crippen molar-refractivity contribution in [3.05, 3.63) is 33.8 Å². The summed E-state index contributed by atoms with van der Waals surface area (Å²) < 4.78 is 0. The SMILES string of the molecule is CSc1ccc(C=CC(=O)O)c(Cl)c1Cl. The van der Waals surface area contributed by atoms with Crippen LogP contribution in [0.2, 0.25) is 10.0 Å². The molecule has 0 aliphatic rings. The molecule has 1 aromatic rings. The van der Waals surface area contributed by atoms with Crippen LogP contribution in [-0.2, 0) is 4.79 Å². The highest BCUT2D eigenvalue weighted by Gasteiger charge is 2.07. The third-order valence-corrected chi connectivity index (χ3v) is 3.49. The highest BCUT2D eigenvalue weighted by molar-refractivity contribution is 7.98. The molecule has 0 atom stereocenters. The summed E-state index contributed by atoms with van der Waals surface area (Å²) in [5, 5.41) is 9.30. The van der Waals surface area contributed by atoms with Crippen LogP contribution in [0.25, 0.3) is 6.08 Å². The monoisotopic (exact) mass is 262 g/mol. The van der Waals surface area contributed by atoms with E-state index in [-0.39, 0.29) is 0 Å². The van der Waals surface area contributed by atoms with E-state index in [0.29, 0.717) is 15.6 Å². The lowest BCUT2D eigenvalue weighted by Gasteiger charge is -2.05. The minimum atomic E-state index is -1.02.